The molecule has 1 fully saturated rings. The Kier molecular flexibility index (Phi) is 6.03. The van der Waals surface area contributed by atoms with Gasteiger partial charge in [-0.05, 0) is 48.5 Å². The molecule has 27 heavy (non-hydrogen) atoms. The number of morpholine rings is 1. The minimum atomic E-state index is -0.410. The van der Waals surface area contributed by atoms with Crippen LogP contribution in [-0.2, 0) is 9.53 Å². The summed E-state index contributed by atoms with van der Waals surface area (Å²) in [5, 5.41) is 2.78. The molecule has 0 bridgehead atoms. The molecule has 0 saturated carbocycles. The molecule has 0 unspecified atom stereocenters. The molecule has 1 aliphatic heterocycles. The Morgan fingerprint density at radius 2 is 1.70 bits per heavy atom. The number of carbonyl (C=O) groups excluding carboxylic acids is 2. The van der Waals surface area contributed by atoms with E-state index < -0.39 is 5.82 Å². The molecule has 0 spiro atoms. The average molecular weight is 371 g/mol. The summed E-state index contributed by atoms with van der Waals surface area (Å²) in [4.78, 5) is 28.0. The highest BCUT2D eigenvalue weighted by Crippen LogP contribution is 2.19. The summed E-state index contributed by atoms with van der Waals surface area (Å²) in [6.07, 6.45) is 0. The van der Waals surface area contributed by atoms with Gasteiger partial charge in [0.2, 0.25) is 5.91 Å². The van der Waals surface area contributed by atoms with Crippen LogP contribution in [0.5, 0.6) is 0 Å². The van der Waals surface area contributed by atoms with Crippen LogP contribution in [0.1, 0.15) is 10.4 Å². The van der Waals surface area contributed by atoms with E-state index in [9.17, 15) is 14.0 Å². The third-order valence-electron chi connectivity index (χ3n) is 4.35. The Bertz CT molecular complexity index is 787. The van der Waals surface area contributed by atoms with Gasteiger partial charge in [0, 0.05) is 37.1 Å². The summed E-state index contributed by atoms with van der Waals surface area (Å²) >= 11 is 0. The van der Waals surface area contributed by atoms with Crippen LogP contribution in [-0.4, -0.2) is 56.6 Å². The maximum Gasteiger partial charge on any atom is 0.254 e. The highest BCUT2D eigenvalue weighted by atomic mass is 19.1. The van der Waals surface area contributed by atoms with Crippen molar-refractivity contribution in [1.82, 2.24) is 4.90 Å². The summed E-state index contributed by atoms with van der Waals surface area (Å²) in [7, 11) is 1.53. The van der Waals surface area contributed by atoms with Crippen molar-refractivity contribution >= 4 is 23.2 Å². The van der Waals surface area contributed by atoms with Crippen LogP contribution < -0.4 is 10.2 Å². The number of hydrogen-bond donors (Lipinski definition) is 1. The first-order valence-corrected chi connectivity index (χ1v) is 8.76. The Morgan fingerprint density at radius 3 is 2.33 bits per heavy atom. The number of hydrogen-bond acceptors (Lipinski definition) is 4. The third-order valence-corrected chi connectivity index (χ3v) is 4.35. The molecule has 0 atom stereocenters. The molecule has 7 heteroatoms. The second kappa shape index (κ2) is 8.64. The van der Waals surface area contributed by atoms with E-state index in [1.165, 1.54) is 36.2 Å². The van der Waals surface area contributed by atoms with Gasteiger partial charge >= 0.3 is 0 Å². The number of likely N-dealkylation sites (N-methyl/N-ethyl adjacent to an activating group) is 1. The molecule has 1 N–H and O–H groups in total. The van der Waals surface area contributed by atoms with E-state index in [0.717, 1.165) is 18.8 Å². The molecule has 0 aromatic heterocycles. The maximum atomic E-state index is 13.0. The Labute approximate surface area is 157 Å². The maximum absolute atomic E-state index is 13.0. The van der Waals surface area contributed by atoms with Crippen molar-refractivity contribution in [2.75, 3.05) is 50.1 Å². The summed E-state index contributed by atoms with van der Waals surface area (Å²) in [6.45, 7) is 3.03. The topological polar surface area (TPSA) is 61.9 Å². The second-order valence-corrected chi connectivity index (χ2v) is 6.36. The highest BCUT2D eigenvalue weighted by molar-refractivity contribution is 5.99. The van der Waals surface area contributed by atoms with Crippen LogP contribution in [0.2, 0.25) is 0 Å². The zero-order valence-corrected chi connectivity index (χ0v) is 15.2. The van der Waals surface area contributed by atoms with Gasteiger partial charge in [-0.3, -0.25) is 9.59 Å². The number of amides is 2. The first-order valence-electron chi connectivity index (χ1n) is 8.76. The summed E-state index contributed by atoms with van der Waals surface area (Å²) in [5.74, 6) is -1.05. The molecule has 0 aliphatic carbocycles. The number of nitrogens with zero attached hydrogens (tertiary/aromatic N) is 2. The van der Waals surface area contributed by atoms with Gasteiger partial charge in [-0.2, -0.15) is 0 Å². The van der Waals surface area contributed by atoms with Gasteiger partial charge in [0.1, 0.15) is 5.82 Å². The van der Waals surface area contributed by atoms with Crippen molar-refractivity contribution in [3.63, 3.8) is 0 Å². The zero-order chi connectivity index (χ0) is 19.2. The van der Waals surface area contributed by atoms with E-state index in [1.807, 2.05) is 24.3 Å². The van der Waals surface area contributed by atoms with Crippen LogP contribution in [0, 0.1) is 5.82 Å². The van der Waals surface area contributed by atoms with Gasteiger partial charge in [0.25, 0.3) is 5.91 Å². The lowest BCUT2D eigenvalue weighted by Gasteiger charge is -2.28. The van der Waals surface area contributed by atoms with Gasteiger partial charge in [-0.15, -0.1) is 0 Å². The fraction of sp³-hybridized carbons (Fsp3) is 0.300. The Balaban J connectivity index is 1.53. The number of nitrogens with one attached hydrogen (secondary N) is 1. The fourth-order valence-electron chi connectivity index (χ4n) is 2.88. The van der Waals surface area contributed by atoms with Gasteiger partial charge in [0.15, 0.2) is 0 Å². The molecule has 2 aromatic carbocycles. The second-order valence-electron chi connectivity index (χ2n) is 6.36. The van der Waals surface area contributed by atoms with Crippen molar-refractivity contribution < 1.29 is 18.7 Å². The van der Waals surface area contributed by atoms with Gasteiger partial charge in [-0.25, -0.2) is 4.39 Å². The standard InChI is InChI=1S/C20H22FN3O3/c1-23(20(26)15-2-4-16(21)5-3-15)14-19(25)22-17-6-8-18(9-7-17)24-10-12-27-13-11-24/h2-9H,10-14H2,1H3,(H,22,25). The van der Waals surface area contributed by atoms with Crippen molar-refractivity contribution in [3.05, 3.63) is 59.9 Å². The Morgan fingerprint density at radius 1 is 1.07 bits per heavy atom. The van der Waals surface area contributed by atoms with Crippen molar-refractivity contribution in [3.8, 4) is 0 Å². The number of anilines is 2. The quantitative estimate of drug-likeness (QED) is 0.877. The van der Waals surface area contributed by atoms with E-state index >= 15 is 0 Å². The molecule has 1 aliphatic rings. The third kappa shape index (κ3) is 5.04. The van der Waals surface area contributed by atoms with Crippen molar-refractivity contribution in [2.24, 2.45) is 0 Å². The van der Waals surface area contributed by atoms with Crippen LogP contribution in [0.25, 0.3) is 0 Å². The minimum Gasteiger partial charge on any atom is -0.378 e. The molecule has 2 amide bonds. The molecule has 1 heterocycles. The van der Waals surface area contributed by atoms with E-state index in [-0.39, 0.29) is 18.4 Å². The monoisotopic (exact) mass is 371 g/mol. The molecular weight excluding hydrogens is 349 g/mol. The Hall–Kier alpha value is -2.93. The molecule has 1 saturated heterocycles. The minimum absolute atomic E-state index is 0.0958. The van der Waals surface area contributed by atoms with Gasteiger partial charge < -0.3 is 19.9 Å². The predicted octanol–water partition coefficient (Wildman–Crippen LogP) is 2.37. The van der Waals surface area contributed by atoms with E-state index in [0.29, 0.717) is 24.5 Å². The molecule has 2 aromatic rings. The lowest BCUT2D eigenvalue weighted by molar-refractivity contribution is -0.116. The molecule has 142 valence electrons. The lowest BCUT2D eigenvalue weighted by Crippen LogP contribution is -2.36. The van der Waals surface area contributed by atoms with Crippen LogP contribution in [0.3, 0.4) is 0 Å². The summed E-state index contributed by atoms with van der Waals surface area (Å²) in [5.41, 5.74) is 2.08. The first-order chi connectivity index (χ1) is 13.0. The number of halogens is 1. The van der Waals surface area contributed by atoms with Crippen LogP contribution in [0.4, 0.5) is 15.8 Å². The molecule has 3 rings (SSSR count). The average Bonchev–Trinajstić information content (AvgIpc) is 2.69. The largest absolute Gasteiger partial charge is 0.378 e. The highest BCUT2D eigenvalue weighted by Gasteiger charge is 2.15. The summed E-state index contributed by atoms with van der Waals surface area (Å²) in [6, 6.07) is 12.8. The van der Waals surface area contributed by atoms with Gasteiger partial charge in [0.05, 0.1) is 19.8 Å². The first kappa shape index (κ1) is 18.8. The van der Waals surface area contributed by atoms with E-state index in [2.05, 4.69) is 10.2 Å². The van der Waals surface area contributed by atoms with E-state index in [1.54, 1.807) is 0 Å². The predicted molar refractivity (Wildman–Crippen MR) is 101 cm³/mol. The fourth-order valence-corrected chi connectivity index (χ4v) is 2.88. The smallest absolute Gasteiger partial charge is 0.254 e. The van der Waals surface area contributed by atoms with Gasteiger partial charge in [-0.1, -0.05) is 0 Å². The number of benzene rings is 2. The molecular formula is C20H22FN3O3. The number of rotatable bonds is 5. The zero-order valence-electron chi connectivity index (χ0n) is 15.2. The molecule has 6 nitrogen and oxygen atoms in total. The van der Waals surface area contributed by atoms with E-state index in [4.69, 9.17) is 4.74 Å². The van der Waals surface area contributed by atoms with Crippen molar-refractivity contribution in [1.29, 1.82) is 0 Å². The molecule has 0 radical (unpaired) electrons. The lowest BCUT2D eigenvalue weighted by atomic mass is 10.2. The SMILES string of the molecule is CN(CC(=O)Nc1ccc(N2CCOCC2)cc1)C(=O)c1ccc(F)cc1. The summed E-state index contributed by atoms with van der Waals surface area (Å²) < 4.78 is 18.3. The van der Waals surface area contributed by atoms with Crippen LogP contribution >= 0.6 is 0 Å². The number of ether oxygens (including phenoxy) is 1. The van der Waals surface area contributed by atoms with Crippen LogP contribution in [0.15, 0.2) is 48.5 Å². The normalized spacial score (nSPS) is 13.9. The number of carbonyl (C=O) groups is 2. The van der Waals surface area contributed by atoms with Crippen molar-refractivity contribution in [2.45, 2.75) is 0 Å².